The Morgan fingerprint density at radius 1 is 0.595 bits per heavy atom. The van der Waals surface area contributed by atoms with E-state index >= 15 is 0 Å². The van der Waals surface area contributed by atoms with E-state index in [1.54, 1.807) is 6.07 Å². The molecule has 9 aromatic rings. The first kappa shape index (κ1) is 22.8. The highest BCUT2D eigenvalue weighted by Gasteiger charge is 2.19. The van der Waals surface area contributed by atoms with Gasteiger partial charge in [0.1, 0.15) is 11.2 Å². The van der Waals surface area contributed by atoms with Gasteiger partial charge in [0.25, 0.3) is 0 Å². The minimum Gasteiger partial charge on any atom is -0.478 e. The van der Waals surface area contributed by atoms with Gasteiger partial charge in [-0.1, -0.05) is 36.4 Å². The number of rotatable bonds is 3. The number of carboxylic acids is 1. The van der Waals surface area contributed by atoms with E-state index in [0.29, 0.717) is 0 Å². The molecule has 198 valence electrons. The molecule has 0 aliphatic heterocycles. The standard InChI is InChI=1S/C35H20N4O3/c40-35(41)20-16-30-34(37-19-20)26-18-21(38-27-8-3-1-7-24(27)33-29(38)9-5-15-36-33)11-13-28(26)39(30)22-12-14-32-25(17-22)23-6-2-4-10-31(23)42-32/h1-19H,(H,40,41). The van der Waals surface area contributed by atoms with Crippen molar-refractivity contribution in [1.29, 1.82) is 0 Å². The maximum atomic E-state index is 12.0. The molecule has 1 N–H and O–H groups in total. The van der Waals surface area contributed by atoms with Crippen molar-refractivity contribution in [2.75, 3.05) is 0 Å². The van der Waals surface area contributed by atoms with Crippen LogP contribution >= 0.6 is 0 Å². The molecule has 4 aromatic carbocycles. The van der Waals surface area contributed by atoms with Gasteiger partial charge >= 0.3 is 5.97 Å². The van der Waals surface area contributed by atoms with E-state index < -0.39 is 5.97 Å². The number of pyridine rings is 2. The van der Waals surface area contributed by atoms with E-state index in [-0.39, 0.29) is 5.56 Å². The van der Waals surface area contributed by atoms with Crippen LogP contribution in [-0.2, 0) is 0 Å². The lowest BCUT2D eigenvalue weighted by Crippen LogP contribution is -1.99. The Bertz CT molecular complexity index is 2520. The minimum absolute atomic E-state index is 0.134. The maximum absolute atomic E-state index is 12.0. The second-order valence-corrected chi connectivity index (χ2v) is 10.4. The van der Waals surface area contributed by atoms with Crippen molar-refractivity contribution in [3.63, 3.8) is 0 Å². The van der Waals surface area contributed by atoms with Gasteiger partial charge in [0.2, 0.25) is 0 Å². The Labute approximate surface area is 237 Å². The Hall–Kier alpha value is -5.95. The summed E-state index contributed by atoms with van der Waals surface area (Å²) >= 11 is 0. The summed E-state index contributed by atoms with van der Waals surface area (Å²) in [5.41, 5.74) is 9.02. The number of benzene rings is 4. The highest BCUT2D eigenvalue weighted by molar-refractivity contribution is 6.12. The molecule has 0 aliphatic rings. The summed E-state index contributed by atoms with van der Waals surface area (Å²) in [6, 6.07) is 34.3. The predicted molar refractivity (Wildman–Crippen MR) is 165 cm³/mol. The summed E-state index contributed by atoms with van der Waals surface area (Å²) in [5.74, 6) is -1.02. The molecule has 0 unspecified atom stereocenters. The molecule has 0 radical (unpaired) electrons. The number of hydrogen-bond donors (Lipinski definition) is 1. The Kier molecular flexibility index (Phi) is 4.50. The van der Waals surface area contributed by atoms with Gasteiger partial charge in [-0.05, 0) is 66.7 Å². The largest absolute Gasteiger partial charge is 0.478 e. The van der Waals surface area contributed by atoms with Crippen LogP contribution in [0.5, 0.6) is 0 Å². The molecule has 7 nitrogen and oxygen atoms in total. The molecule has 0 spiro atoms. The lowest BCUT2D eigenvalue weighted by molar-refractivity contribution is 0.0696. The van der Waals surface area contributed by atoms with Crippen molar-refractivity contribution in [3.8, 4) is 11.4 Å². The number of fused-ring (bicyclic) bond motifs is 9. The van der Waals surface area contributed by atoms with Gasteiger partial charge in [-0.3, -0.25) is 9.97 Å². The average molecular weight is 545 g/mol. The van der Waals surface area contributed by atoms with E-state index in [1.807, 2.05) is 60.8 Å². The smallest absolute Gasteiger partial charge is 0.337 e. The molecule has 5 heterocycles. The van der Waals surface area contributed by atoms with Gasteiger partial charge in [-0.15, -0.1) is 0 Å². The number of hydrogen-bond acceptors (Lipinski definition) is 4. The van der Waals surface area contributed by atoms with Gasteiger partial charge in [0.15, 0.2) is 0 Å². The third-order valence-corrected chi connectivity index (χ3v) is 8.14. The number of furan rings is 1. The van der Waals surface area contributed by atoms with Crippen LogP contribution in [0.2, 0.25) is 0 Å². The molecule has 0 saturated carbocycles. The van der Waals surface area contributed by atoms with Crippen LogP contribution in [0.4, 0.5) is 0 Å². The van der Waals surface area contributed by atoms with Crippen molar-refractivity contribution in [1.82, 2.24) is 19.1 Å². The van der Waals surface area contributed by atoms with Gasteiger partial charge in [0, 0.05) is 45.3 Å². The molecule has 0 fully saturated rings. The number of nitrogens with zero attached hydrogens (tertiary/aromatic N) is 4. The van der Waals surface area contributed by atoms with Gasteiger partial charge < -0.3 is 18.7 Å². The fourth-order valence-corrected chi connectivity index (χ4v) is 6.32. The predicted octanol–water partition coefficient (Wildman–Crippen LogP) is 8.27. The first-order chi connectivity index (χ1) is 20.7. The quantitative estimate of drug-likeness (QED) is 0.242. The lowest BCUT2D eigenvalue weighted by atomic mass is 10.1. The summed E-state index contributed by atoms with van der Waals surface area (Å²) in [6.07, 6.45) is 3.25. The van der Waals surface area contributed by atoms with E-state index in [2.05, 4.69) is 61.6 Å². The zero-order valence-electron chi connectivity index (χ0n) is 22.0. The van der Waals surface area contributed by atoms with Gasteiger partial charge in [-0.25, -0.2) is 4.79 Å². The van der Waals surface area contributed by atoms with E-state index in [9.17, 15) is 9.90 Å². The third kappa shape index (κ3) is 3.07. The molecule has 42 heavy (non-hydrogen) atoms. The normalized spacial score (nSPS) is 12.0. The average Bonchev–Trinajstić information content (AvgIpc) is 3.67. The summed E-state index contributed by atoms with van der Waals surface area (Å²) in [4.78, 5) is 21.3. The topological polar surface area (TPSA) is 86.1 Å². The van der Waals surface area contributed by atoms with E-state index in [0.717, 1.165) is 77.2 Å². The monoisotopic (exact) mass is 544 g/mol. The molecular weight excluding hydrogens is 524 g/mol. The highest BCUT2D eigenvalue weighted by atomic mass is 16.4. The SMILES string of the molecule is O=C(O)c1cnc2c3cc(-n4c5ccccc5c5ncccc54)ccc3n(-c3ccc4oc5ccccc5c4c3)c2c1. The Morgan fingerprint density at radius 2 is 1.26 bits per heavy atom. The molecule has 5 aromatic heterocycles. The summed E-state index contributed by atoms with van der Waals surface area (Å²) in [5, 5.41) is 13.8. The molecule has 9 rings (SSSR count). The van der Waals surface area contributed by atoms with Crippen molar-refractivity contribution < 1.29 is 14.3 Å². The summed E-state index contributed by atoms with van der Waals surface area (Å²) in [7, 11) is 0. The zero-order chi connectivity index (χ0) is 27.9. The van der Waals surface area contributed by atoms with Gasteiger partial charge in [0.05, 0.1) is 38.7 Å². The van der Waals surface area contributed by atoms with Crippen LogP contribution in [0.1, 0.15) is 10.4 Å². The van der Waals surface area contributed by atoms with Crippen LogP contribution in [0.15, 0.2) is 120 Å². The number of carbonyl (C=O) groups is 1. The second-order valence-electron chi connectivity index (χ2n) is 10.4. The molecule has 7 heteroatoms. The number of para-hydroxylation sites is 2. The fourth-order valence-electron chi connectivity index (χ4n) is 6.32. The van der Waals surface area contributed by atoms with Gasteiger partial charge in [-0.2, -0.15) is 0 Å². The Balaban J connectivity index is 1.36. The number of aromatic nitrogens is 4. The summed E-state index contributed by atoms with van der Waals surface area (Å²) in [6.45, 7) is 0. The van der Waals surface area contributed by atoms with Crippen LogP contribution in [-0.4, -0.2) is 30.2 Å². The molecule has 0 amide bonds. The molecular formula is C35H20N4O3. The van der Waals surface area contributed by atoms with Crippen molar-refractivity contribution >= 4 is 71.8 Å². The Morgan fingerprint density at radius 3 is 2.14 bits per heavy atom. The van der Waals surface area contributed by atoms with E-state index in [1.165, 1.54) is 6.20 Å². The van der Waals surface area contributed by atoms with Crippen LogP contribution < -0.4 is 0 Å². The molecule has 0 aliphatic carbocycles. The maximum Gasteiger partial charge on any atom is 0.337 e. The van der Waals surface area contributed by atoms with Crippen LogP contribution in [0.3, 0.4) is 0 Å². The van der Waals surface area contributed by atoms with Crippen molar-refractivity contribution in [2.24, 2.45) is 0 Å². The van der Waals surface area contributed by atoms with Crippen LogP contribution in [0.25, 0.3) is 77.2 Å². The first-order valence-electron chi connectivity index (χ1n) is 13.6. The lowest BCUT2D eigenvalue weighted by Gasteiger charge is -2.10. The highest BCUT2D eigenvalue weighted by Crippen LogP contribution is 2.37. The number of aromatic carboxylic acids is 1. The van der Waals surface area contributed by atoms with Crippen LogP contribution in [0, 0.1) is 0 Å². The number of carboxylic acid groups (broad SMARTS) is 1. The van der Waals surface area contributed by atoms with E-state index in [4.69, 9.17) is 4.42 Å². The van der Waals surface area contributed by atoms with Crippen molar-refractivity contribution in [2.45, 2.75) is 0 Å². The minimum atomic E-state index is -1.02. The zero-order valence-corrected chi connectivity index (χ0v) is 22.0. The third-order valence-electron chi connectivity index (χ3n) is 8.14. The fraction of sp³-hybridized carbons (Fsp3) is 0. The van der Waals surface area contributed by atoms with Crippen molar-refractivity contribution in [3.05, 3.63) is 121 Å². The molecule has 0 atom stereocenters. The molecule has 0 saturated heterocycles. The summed E-state index contributed by atoms with van der Waals surface area (Å²) < 4.78 is 10.4. The second kappa shape index (κ2) is 8.28. The molecule has 0 bridgehead atoms. The first-order valence-corrected chi connectivity index (χ1v) is 13.6.